The number of carboxylic acid groups (broad SMARTS) is 1. The van der Waals surface area contributed by atoms with Gasteiger partial charge in [-0.25, -0.2) is 4.79 Å². The van der Waals surface area contributed by atoms with Crippen LogP contribution in [0, 0.1) is 6.92 Å². The van der Waals surface area contributed by atoms with E-state index in [1.54, 1.807) is 12.1 Å². The van der Waals surface area contributed by atoms with Gasteiger partial charge < -0.3 is 10.4 Å². The fraction of sp³-hybridized carbons (Fsp3) is 0.263. The summed E-state index contributed by atoms with van der Waals surface area (Å²) in [5, 5.41) is 11.9. The molecule has 0 radical (unpaired) electrons. The monoisotopic (exact) mass is 309 g/mol. The van der Waals surface area contributed by atoms with Crippen LogP contribution in [0.5, 0.6) is 0 Å². The van der Waals surface area contributed by atoms with Crippen LogP contribution in [-0.4, -0.2) is 22.5 Å². The van der Waals surface area contributed by atoms with Crippen LogP contribution in [0.4, 0.5) is 0 Å². The number of rotatable bonds is 5. The van der Waals surface area contributed by atoms with Gasteiger partial charge in [-0.1, -0.05) is 48.0 Å². The second-order valence-electron chi connectivity index (χ2n) is 6.16. The lowest BCUT2D eigenvalue weighted by Gasteiger charge is -2.15. The Labute approximate surface area is 135 Å². The van der Waals surface area contributed by atoms with Crippen molar-refractivity contribution in [2.24, 2.45) is 0 Å². The van der Waals surface area contributed by atoms with E-state index >= 15 is 0 Å². The fourth-order valence-corrected chi connectivity index (χ4v) is 2.62. The van der Waals surface area contributed by atoms with E-state index in [-0.39, 0.29) is 5.91 Å². The molecular weight excluding hydrogens is 290 g/mol. The zero-order chi connectivity index (χ0) is 16.4. The van der Waals surface area contributed by atoms with Gasteiger partial charge in [0, 0.05) is 5.56 Å². The van der Waals surface area contributed by atoms with Gasteiger partial charge in [0.15, 0.2) is 0 Å². The molecule has 0 saturated heterocycles. The van der Waals surface area contributed by atoms with Crippen molar-refractivity contribution in [1.82, 2.24) is 5.32 Å². The molecule has 1 saturated carbocycles. The predicted molar refractivity (Wildman–Crippen MR) is 87.5 cm³/mol. The van der Waals surface area contributed by atoms with Crippen molar-refractivity contribution in [1.29, 1.82) is 0 Å². The quantitative estimate of drug-likeness (QED) is 0.892. The van der Waals surface area contributed by atoms with E-state index in [4.69, 9.17) is 0 Å². The number of carbonyl (C=O) groups is 2. The minimum absolute atomic E-state index is 0.312. The fourth-order valence-electron chi connectivity index (χ4n) is 2.62. The highest BCUT2D eigenvalue weighted by atomic mass is 16.4. The molecule has 2 aromatic carbocycles. The molecule has 1 aliphatic rings. The van der Waals surface area contributed by atoms with Gasteiger partial charge in [0.2, 0.25) is 0 Å². The lowest BCUT2D eigenvalue weighted by Crippen LogP contribution is -2.43. The Balaban J connectivity index is 1.81. The first-order valence-electron chi connectivity index (χ1n) is 7.69. The molecule has 0 spiro atoms. The summed E-state index contributed by atoms with van der Waals surface area (Å²) in [7, 11) is 0. The summed E-state index contributed by atoms with van der Waals surface area (Å²) in [6.45, 7) is 2.03. The van der Waals surface area contributed by atoms with E-state index in [1.165, 1.54) is 5.56 Å². The average molecular weight is 309 g/mol. The molecule has 0 atom stereocenters. The molecule has 1 aliphatic carbocycles. The zero-order valence-corrected chi connectivity index (χ0v) is 13.0. The summed E-state index contributed by atoms with van der Waals surface area (Å²) in [5.74, 6) is -1.27. The van der Waals surface area contributed by atoms with Crippen LogP contribution in [0.2, 0.25) is 0 Å². The Morgan fingerprint density at radius 1 is 1.09 bits per heavy atom. The molecular formula is C19H19NO3. The Hall–Kier alpha value is -2.62. The summed E-state index contributed by atoms with van der Waals surface area (Å²) < 4.78 is 0. The standard InChI is InChI=1S/C19H19NO3/c1-13-6-8-14(9-7-13)12-15-4-2-3-5-16(15)17(21)20-19(10-11-19)18(22)23/h2-9H,10-12H2,1H3,(H,20,21)(H,22,23). The highest BCUT2D eigenvalue weighted by Gasteiger charge is 2.51. The smallest absolute Gasteiger partial charge is 0.329 e. The summed E-state index contributed by atoms with van der Waals surface area (Å²) >= 11 is 0. The Kier molecular flexibility index (Phi) is 3.90. The van der Waals surface area contributed by atoms with Crippen LogP contribution < -0.4 is 5.32 Å². The first-order valence-corrected chi connectivity index (χ1v) is 7.69. The number of carbonyl (C=O) groups excluding carboxylic acids is 1. The van der Waals surface area contributed by atoms with E-state index in [0.717, 1.165) is 11.1 Å². The molecule has 1 amide bonds. The zero-order valence-electron chi connectivity index (χ0n) is 13.0. The maximum absolute atomic E-state index is 12.5. The van der Waals surface area contributed by atoms with Crippen LogP contribution in [0.15, 0.2) is 48.5 Å². The molecule has 0 unspecified atom stereocenters. The first-order chi connectivity index (χ1) is 11.0. The normalized spacial score (nSPS) is 15.0. The van der Waals surface area contributed by atoms with E-state index < -0.39 is 11.5 Å². The van der Waals surface area contributed by atoms with Gasteiger partial charge in [-0.05, 0) is 43.4 Å². The SMILES string of the molecule is Cc1ccc(Cc2ccccc2C(=O)NC2(C(=O)O)CC2)cc1. The highest BCUT2D eigenvalue weighted by Crippen LogP contribution is 2.36. The molecule has 2 aromatic rings. The van der Waals surface area contributed by atoms with Gasteiger partial charge in [-0.15, -0.1) is 0 Å². The number of amides is 1. The molecule has 0 aromatic heterocycles. The first kappa shape index (κ1) is 15.3. The van der Waals surface area contributed by atoms with Gasteiger partial charge in [-0.2, -0.15) is 0 Å². The number of aryl methyl sites for hydroxylation is 1. The van der Waals surface area contributed by atoms with Crippen LogP contribution in [0.1, 0.15) is 39.9 Å². The summed E-state index contributed by atoms with van der Waals surface area (Å²) in [6, 6.07) is 15.5. The largest absolute Gasteiger partial charge is 0.480 e. The van der Waals surface area contributed by atoms with Crippen molar-refractivity contribution < 1.29 is 14.7 Å². The van der Waals surface area contributed by atoms with E-state index in [9.17, 15) is 14.7 Å². The Morgan fingerprint density at radius 2 is 1.74 bits per heavy atom. The van der Waals surface area contributed by atoms with Crippen molar-refractivity contribution >= 4 is 11.9 Å². The molecule has 0 bridgehead atoms. The van der Waals surface area contributed by atoms with Crippen molar-refractivity contribution in [3.63, 3.8) is 0 Å². The van der Waals surface area contributed by atoms with Gasteiger partial charge in [0.05, 0.1) is 0 Å². The molecule has 2 N–H and O–H groups in total. The third kappa shape index (κ3) is 3.26. The minimum Gasteiger partial charge on any atom is -0.480 e. The number of benzene rings is 2. The lowest BCUT2D eigenvalue weighted by atomic mass is 9.98. The van der Waals surface area contributed by atoms with Gasteiger partial charge in [0.25, 0.3) is 5.91 Å². The predicted octanol–water partition coefficient (Wildman–Crippen LogP) is 2.93. The van der Waals surface area contributed by atoms with Crippen LogP contribution in [0.3, 0.4) is 0 Å². The second kappa shape index (κ2) is 5.88. The number of carboxylic acids is 1. The van der Waals surface area contributed by atoms with Crippen molar-refractivity contribution in [2.75, 3.05) is 0 Å². The number of hydrogen-bond donors (Lipinski definition) is 2. The number of nitrogens with one attached hydrogen (secondary N) is 1. The van der Waals surface area contributed by atoms with Gasteiger partial charge >= 0.3 is 5.97 Å². The lowest BCUT2D eigenvalue weighted by molar-refractivity contribution is -0.140. The van der Waals surface area contributed by atoms with E-state index in [0.29, 0.717) is 24.8 Å². The maximum atomic E-state index is 12.5. The van der Waals surface area contributed by atoms with Crippen LogP contribution >= 0.6 is 0 Å². The highest BCUT2D eigenvalue weighted by molar-refractivity contribution is 6.00. The molecule has 4 heteroatoms. The molecule has 0 heterocycles. The average Bonchev–Trinajstić information content (AvgIpc) is 3.31. The Morgan fingerprint density at radius 3 is 2.35 bits per heavy atom. The van der Waals surface area contributed by atoms with Gasteiger partial charge in [0.1, 0.15) is 5.54 Å². The van der Waals surface area contributed by atoms with Gasteiger partial charge in [-0.3, -0.25) is 4.79 Å². The summed E-state index contributed by atoms with van der Waals surface area (Å²) in [6.07, 6.45) is 1.63. The van der Waals surface area contributed by atoms with Crippen molar-refractivity contribution in [3.8, 4) is 0 Å². The maximum Gasteiger partial charge on any atom is 0.329 e. The summed E-state index contributed by atoms with van der Waals surface area (Å²) in [5.41, 5.74) is 2.69. The Bertz CT molecular complexity index is 745. The molecule has 0 aliphatic heterocycles. The van der Waals surface area contributed by atoms with Crippen LogP contribution in [0.25, 0.3) is 0 Å². The van der Waals surface area contributed by atoms with E-state index in [1.807, 2.05) is 43.3 Å². The van der Waals surface area contributed by atoms with Crippen molar-refractivity contribution in [2.45, 2.75) is 31.7 Å². The summed E-state index contributed by atoms with van der Waals surface area (Å²) in [4.78, 5) is 23.7. The minimum atomic E-state index is -1.06. The topological polar surface area (TPSA) is 66.4 Å². The third-order valence-corrected chi connectivity index (χ3v) is 4.29. The van der Waals surface area contributed by atoms with Crippen molar-refractivity contribution in [3.05, 3.63) is 70.8 Å². The third-order valence-electron chi connectivity index (χ3n) is 4.29. The van der Waals surface area contributed by atoms with Crippen LogP contribution in [-0.2, 0) is 11.2 Å². The molecule has 23 heavy (non-hydrogen) atoms. The number of aliphatic carboxylic acids is 1. The number of hydrogen-bond acceptors (Lipinski definition) is 2. The van der Waals surface area contributed by atoms with E-state index in [2.05, 4.69) is 5.32 Å². The molecule has 3 rings (SSSR count). The molecule has 118 valence electrons. The molecule has 4 nitrogen and oxygen atoms in total. The second-order valence-corrected chi connectivity index (χ2v) is 6.16. The molecule has 1 fully saturated rings.